The Morgan fingerprint density at radius 1 is 1.33 bits per heavy atom. The summed E-state index contributed by atoms with van der Waals surface area (Å²) in [6, 6.07) is 8.42. The molecule has 0 aliphatic heterocycles. The minimum Gasteiger partial charge on any atom is -0.495 e. The summed E-state index contributed by atoms with van der Waals surface area (Å²) in [6.45, 7) is 0.505. The zero-order valence-corrected chi connectivity index (χ0v) is 12.5. The van der Waals surface area contributed by atoms with Crippen molar-refractivity contribution in [3.8, 4) is 5.75 Å². The standard InChI is InChI=1S/C14H18N2O4S/c1-19-13-5-4-11(10-15)9-14(13)21(17,18)16-7-6-12-3-2-8-20-12/h2-5,8-9,16H,6-7,10,15H2,1H3. The van der Waals surface area contributed by atoms with Crippen molar-refractivity contribution >= 4 is 10.0 Å². The van der Waals surface area contributed by atoms with Crippen LogP contribution < -0.4 is 15.2 Å². The number of methoxy groups -OCH3 is 1. The predicted octanol–water partition coefficient (Wildman–Crippen LogP) is 1.27. The summed E-state index contributed by atoms with van der Waals surface area (Å²) < 4.78 is 37.5. The summed E-state index contributed by atoms with van der Waals surface area (Å²) in [7, 11) is -2.23. The van der Waals surface area contributed by atoms with Gasteiger partial charge in [-0.3, -0.25) is 0 Å². The number of furan rings is 1. The molecule has 0 spiro atoms. The number of benzene rings is 1. The zero-order valence-electron chi connectivity index (χ0n) is 11.7. The van der Waals surface area contributed by atoms with Gasteiger partial charge < -0.3 is 14.9 Å². The van der Waals surface area contributed by atoms with Crippen molar-refractivity contribution in [3.05, 3.63) is 47.9 Å². The largest absolute Gasteiger partial charge is 0.495 e. The first-order valence-corrected chi connectivity index (χ1v) is 7.94. The molecule has 6 nitrogen and oxygen atoms in total. The van der Waals surface area contributed by atoms with Crippen molar-refractivity contribution in [2.45, 2.75) is 17.9 Å². The van der Waals surface area contributed by atoms with Gasteiger partial charge in [0.05, 0.1) is 13.4 Å². The third kappa shape index (κ3) is 3.84. The highest BCUT2D eigenvalue weighted by Gasteiger charge is 2.19. The Hall–Kier alpha value is -1.83. The van der Waals surface area contributed by atoms with Crippen LogP contribution in [0.3, 0.4) is 0 Å². The number of hydrogen-bond donors (Lipinski definition) is 2. The van der Waals surface area contributed by atoms with Gasteiger partial charge in [-0.25, -0.2) is 13.1 Å². The molecule has 3 N–H and O–H groups in total. The number of hydrogen-bond acceptors (Lipinski definition) is 5. The molecule has 0 atom stereocenters. The lowest BCUT2D eigenvalue weighted by Crippen LogP contribution is -2.26. The van der Waals surface area contributed by atoms with E-state index in [1.165, 1.54) is 13.2 Å². The van der Waals surface area contributed by atoms with E-state index in [-0.39, 0.29) is 23.7 Å². The molecule has 0 saturated carbocycles. The smallest absolute Gasteiger partial charge is 0.244 e. The molecule has 0 bridgehead atoms. The molecule has 0 aliphatic rings. The third-order valence-corrected chi connectivity index (χ3v) is 4.48. The molecule has 1 aromatic carbocycles. The zero-order chi connectivity index (χ0) is 15.3. The van der Waals surface area contributed by atoms with E-state index in [9.17, 15) is 8.42 Å². The van der Waals surface area contributed by atoms with Crippen LogP contribution in [0.4, 0.5) is 0 Å². The van der Waals surface area contributed by atoms with Gasteiger partial charge in [-0.1, -0.05) is 6.07 Å². The van der Waals surface area contributed by atoms with Crippen LogP contribution in [0.5, 0.6) is 5.75 Å². The number of nitrogens with two attached hydrogens (primary N) is 1. The lowest BCUT2D eigenvalue weighted by Gasteiger charge is -2.11. The number of nitrogens with one attached hydrogen (secondary N) is 1. The van der Waals surface area contributed by atoms with E-state index in [0.29, 0.717) is 6.42 Å². The second kappa shape index (κ2) is 6.75. The van der Waals surface area contributed by atoms with Crippen molar-refractivity contribution in [3.63, 3.8) is 0 Å². The molecule has 0 aliphatic carbocycles. The Bertz CT molecular complexity index is 681. The van der Waals surface area contributed by atoms with E-state index < -0.39 is 10.0 Å². The first-order chi connectivity index (χ1) is 10.1. The monoisotopic (exact) mass is 310 g/mol. The predicted molar refractivity (Wildman–Crippen MR) is 78.5 cm³/mol. The van der Waals surface area contributed by atoms with Crippen LogP contribution in [0, 0.1) is 0 Å². The van der Waals surface area contributed by atoms with Crippen LogP contribution in [-0.4, -0.2) is 22.1 Å². The molecule has 21 heavy (non-hydrogen) atoms. The third-order valence-electron chi connectivity index (χ3n) is 3.00. The maximum absolute atomic E-state index is 12.3. The summed E-state index contributed by atoms with van der Waals surface area (Å²) >= 11 is 0. The molecular weight excluding hydrogens is 292 g/mol. The Labute approximate surface area is 124 Å². The van der Waals surface area contributed by atoms with Crippen LogP contribution in [-0.2, 0) is 23.0 Å². The Balaban J connectivity index is 2.14. The highest BCUT2D eigenvalue weighted by molar-refractivity contribution is 7.89. The minimum atomic E-state index is -3.66. The van der Waals surface area contributed by atoms with E-state index in [2.05, 4.69) is 4.72 Å². The molecular formula is C14H18N2O4S. The molecule has 2 aromatic rings. The first kappa shape index (κ1) is 15.6. The second-order valence-electron chi connectivity index (χ2n) is 4.42. The van der Waals surface area contributed by atoms with E-state index in [4.69, 9.17) is 14.9 Å². The Morgan fingerprint density at radius 2 is 2.14 bits per heavy atom. The van der Waals surface area contributed by atoms with Gasteiger partial charge in [0.15, 0.2) is 0 Å². The van der Waals surface area contributed by atoms with Crippen molar-refractivity contribution in [1.29, 1.82) is 0 Å². The fourth-order valence-corrected chi connectivity index (χ4v) is 3.15. The quantitative estimate of drug-likeness (QED) is 0.803. The molecule has 2 rings (SSSR count). The lowest BCUT2D eigenvalue weighted by molar-refractivity contribution is 0.402. The topological polar surface area (TPSA) is 94.6 Å². The average Bonchev–Trinajstić information content (AvgIpc) is 2.99. The van der Waals surface area contributed by atoms with Gasteiger partial charge in [-0.2, -0.15) is 0 Å². The van der Waals surface area contributed by atoms with E-state index >= 15 is 0 Å². The summed E-state index contributed by atoms with van der Waals surface area (Å²) in [5.74, 6) is 1.01. The lowest BCUT2D eigenvalue weighted by atomic mass is 10.2. The highest BCUT2D eigenvalue weighted by Crippen LogP contribution is 2.24. The fraction of sp³-hybridized carbons (Fsp3) is 0.286. The second-order valence-corrected chi connectivity index (χ2v) is 6.15. The molecule has 0 amide bonds. The van der Waals surface area contributed by atoms with Crippen LogP contribution in [0.15, 0.2) is 45.9 Å². The van der Waals surface area contributed by atoms with Crippen molar-refractivity contribution in [2.75, 3.05) is 13.7 Å². The summed E-state index contributed by atoms with van der Waals surface area (Å²) in [5, 5.41) is 0. The number of sulfonamides is 1. The van der Waals surface area contributed by atoms with E-state index in [1.54, 1.807) is 30.5 Å². The number of rotatable bonds is 7. The molecule has 7 heteroatoms. The SMILES string of the molecule is COc1ccc(CN)cc1S(=O)(=O)NCCc1ccco1. The summed E-state index contributed by atoms with van der Waals surface area (Å²) in [4.78, 5) is 0.0902. The molecule has 0 fully saturated rings. The highest BCUT2D eigenvalue weighted by atomic mass is 32.2. The minimum absolute atomic E-state index is 0.0902. The van der Waals surface area contributed by atoms with Crippen LogP contribution in [0.1, 0.15) is 11.3 Å². The maximum atomic E-state index is 12.3. The van der Waals surface area contributed by atoms with E-state index in [0.717, 1.165) is 11.3 Å². The van der Waals surface area contributed by atoms with Gasteiger partial charge in [0.25, 0.3) is 0 Å². The maximum Gasteiger partial charge on any atom is 0.244 e. The van der Waals surface area contributed by atoms with E-state index in [1.807, 2.05) is 0 Å². The first-order valence-electron chi connectivity index (χ1n) is 6.46. The molecule has 1 aromatic heterocycles. The van der Waals surface area contributed by atoms with Crippen LogP contribution in [0.2, 0.25) is 0 Å². The van der Waals surface area contributed by atoms with Gasteiger partial charge in [0, 0.05) is 19.5 Å². The van der Waals surface area contributed by atoms with Crippen molar-refractivity contribution in [1.82, 2.24) is 4.72 Å². The molecule has 0 radical (unpaired) electrons. The van der Waals surface area contributed by atoms with Crippen molar-refractivity contribution < 1.29 is 17.6 Å². The Kier molecular flexibility index (Phi) is 5.00. The Morgan fingerprint density at radius 3 is 2.76 bits per heavy atom. The summed E-state index contributed by atoms with van der Waals surface area (Å²) in [5.41, 5.74) is 6.27. The van der Waals surface area contributed by atoms with Gasteiger partial charge in [0.1, 0.15) is 16.4 Å². The molecule has 0 unspecified atom stereocenters. The average molecular weight is 310 g/mol. The normalized spacial score (nSPS) is 11.5. The van der Waals surface area contributed by atoms with Crippen LogP contribution >= 0.6 is 0 Å². The van der Waals surface area contributed by atoms with Gasteiger partial charge in [0.2, 0.25) is 10.0 Å². The molecule has 114 valence electrons. The molecule has 1 heterocycles. The van der Waals surface area contributed by atoms with Crippen LogP contribution in [0.25, 0.3) is 0 Å². The fourth-order valence-electron chi connectivity index (χ4n) is 1.90. The van der Waals surface area contributed by atoms with Crippen molar-refractivity contribution in [2.24, 2.45) is 5.73 Å². The van der Waals surface area contributed by atoms with Gasteiger partial charge in [-0.05, 0) is 29.8 Å². The number of ether oxygens (including phenoxy) is 1. The van der Waals surface area contributed by atoms with Gasteiger partial charge in [-0.15, -0.1) is 0 Å². The molecule has 0 saturated heterocycles. The summed E-state index contributed by atoms with van der Waals surface area (Å²) in [6.07, 6.45) is 2.03. The van der Waals surface area contributed by atoms with Gasteiger partial charge >= 0.3 is 0 Å².